The Kier molecular flexibility index (Phi) is 3.63. The van der Waals surface area contributed by atoms with E-state index < -0.39 is 0 Å². The highest BCUT2D eigenvalue weighted by Gasteiger charge is 2.30. The van der Waals surface area contributed by atoms with Crippen molar-refractivity contribution in [1.29, 1.82) is 0 Å². The van der Waals surface area contributed by atoms with Crippen LogP contribution in [0.4, 0.5) is 0 Å². The molecule has 21 heavy (non-hydrogen) atoms. The summed E-state index contributed by atoms with van der Waals surface area (Å²) in [6.07, 6.45) is 7.33. The lowest BCUT2D eigenvalue weighted by Crippen LogP contribution is -2.26. The average molecular weight is 302 g/mol. The number of nitrogens with zero attached hydrogens (tertiary/aromatic N) is 4. The number of rotatable bonds is 2. The lowest BCUT2D eigenvalue weighted by atomic mass is 10.0. The van der Waals surface area contributed by atoms with Gasteiger partial charge in [-0.2, -0.15) is 11.8 Å². The number of pyridine rings is 1. The second-order valence-electron chi connectivity index (χ2n) is 6.18. The van der Waals surface area contributed by atoms with Crippen LogP contribution in [-0.4, -0.2) is 44.5 Å². The van der Waals surface area contributed by atoms with E-state index in [1.165, 1.54) is 49.6 Å². The van der Waals surface area contributed by atoms with Crippen molar-refractivity contribution in [2.75, 3.05) is 25.1 Å². The van der Waals surface area contributed by atoms with Crippen molar-refractivity contribution in [3.05, 3.63) is 24.2 Å². The molecular formula is C16H22N4S. The minimum absolute atomic E-state index is 0.439. The summed E-state index contributed by atoms with van der Waals surface area (Å²) in [6.45, 7) is 1.18. The summed E-state index contributed by atoms with van der Waals surface area (Å²) in [4.78, 5) is 12.1. The van der Waals surface area contributed by atoms with Crippen LogP contribution in [0.3, 0.4) is 0 Å². The molecule has 2 aromatic rings. The Bertz CT molecular complexity index is 632. The minimum Gasteiger partial charge on any atom is -0.296 e. The molecule has 0 amide bonds. The van der Waals surface area contributed by atoms with Crippen LogP contribution in [0.5, 0.6) is 0 Å². The van der Waals surface area contributed by atoms with E-state index in [0.29, 0.717) is 12.1 Å². The summed E-state index contributed by atoms with van der Waals surface area (Å²) < 4.78 is 2.45. The molecule has 2 saturated heterocycles. The van der Waals surface area contributed by atoms with E-state index in [1.807, 2.05) is 12.3 Å². The van der Waals surface area contributed by atoms with E-state index >= 15 is 0 Å². The fourth-order valence-corrected chi connectivity index (χ4v) is 4.81. The normalized spacial score (nSPS) is 24.9. The molecule has 2 fully saturated rings. The highest BCUT2D eigenvalue weighted by molar-refractivity contribution is 7.99. The third-order valence-electron chi connectivity index (χ3n) is 4.84. The number of aromatic nitrogens is 3. The number of thioether (sulfide) groups is 1. The minimum atomic E-state index is 0.439. The molecule has 5 heteroatoms. The maximum absolute atomic E-state index is 4.98. The Morgan fingerprint density at radius 1 is 1.24 bits per heavy atom. The molecule has 112 valence electrons. The first kappa shape index (κ1) is 13.6. The molecule has 2 aliphatic heterocycles. The van der Waals surface area contributed by atoms with Crippen LogP contribution in [0.15, 0.2) is 18.3 Å². The third kappa shape index (κ3) is 2.36. The van der Waals surface area contributed by atoms with Crippen molar-refractivity contribution in [3.8, 4) is 0 Å². The standard InChI is InChI=1S/C16H22N4S/c1-19-9-3-5-14(19)20-15(12-6-10-21-11-7-12)18-13-4-2-8-17-16(13)20/h2,4,8,12,14H,3,5-7,9-11H2,1H3. The first-order chi connectivity index (χ1) is 10.3. The SMILES string of the molecule is CN1CCCC1n1c(C2CCSCC2)nc2cccnc21. The van der Waals surface area contributed by atoms with E-state index in [1.54, 1.807) is 0 Å². The second kappa shape index (κ2) is 5.61. The molecule has 4 nitrogen and oxygen atoms in total. The van der Waals surface area contributed by atoms with Gasteiger partial charge in [-0.15, -0.1) is 0 Å². The van der Waals surface area contributed by atoms with Crippen LogP contribution in [0.1, 0.15) is 43.6 Å². The van der Waals surface area contributed by atoms with Crippen LogP contribution < -0.4 is 0 Å². The summed E-state index contributed by atoms with van der Waals surface area (Å²) in [6, 6.07) is 4.10. The molecule has 4 heterocycles. The third-order valence-corrected chi connectivity index (χ3v) is 5.89. The van der Waals surface area contributed by atoms with Crippen LogP contribution >= 0.6 is 11.8 Å². The molecule has 0 N–H and O–H groups in total. The summed E-state index contributed by atoms with van der Waals surface area (Å²) in [5.74, 6) is 4.42. The molecule has 0 aromatic carbocycles. The Morgan fingerprint density at radius 2 is 2.10 bits per heavy atom. The van der Waals surface area contributed by atoms with E-state index in [-0.39, 0.29) is 0 Å². The van der Waals surface area contributed by atoms with Crippen LogP contribution in [0, 0.1) is 0 Å². The molecule has 2 aliphatic rings. The zero-order valence-electron chi connectivity index (χ0n) is 12.5. The van der Waals surface area contributed by atoms with E-state index in [0.717, 1.165) is 11.2 Å². The molecule has 0 radical (unpaired) electrons. The molecule has 0 saturated carbocycles. The predicted molar refractivity (Wildman–Crippen MR) is 87.7 cm³/mol. The highest BCUT2D eigenvalue weighted by atomic mass is 32.2. The number of imidazole rings is 1. The molecule has 1 atom stereocenters. The monoisotopic (exact) mass is 302 g/mol. The smallest absolute Gasteiger partial charge is 0.161 e. The first-order valence-electron chi connectivity index (χ1n) is 7.95. The maximum Gasteiger partial charge on any atom is 0.161 e. The van der Waals surface area contributed by atoms with E-state index in [2.05, 4.69) is 39.3 Å². The van der Waals surface area contributed by atoms with Gasteiger partial charge in [0.25, 0.3) is 0 Å². The molecule has 0 bridgehead atoms. The highest BCUT2D eigenvalue weighted by Crippen LogP contribution is 2.37. The van der Waals surface area contributed by atoms with Crippen molar-refractivity contribution in [3.63, 3.8) is 0 Å². The van der Waals surface area contributed by atoms with Crippen LogP contribution in [0.2, 0.25) is 0 Å². The molecule has 4 rings (SSSR count). The predicted octanol–water partition coefficient (Wildman–Crippen LogP) is 3.27. The van der Waals surface area contributed by atoms with Crippen molar-refractivity contribution >= 4 is 22.9 Å². The Labute approximate surface area is 129 Å². The molecular weight excluding hydrogens is 280 g/mol. The van der Waals surface area contributed by atoms with E-state index in [9.17, 15) is 0 Å². The summed E-state index contributed by atoms with van der Waals surface area (Å²) in [5, 5.41) is 0. The Balaban J connectivity index is 1.84. The van der Waals surface area contributed by atoms with Crippen molar-refractivity contribution in [1.82, 2.24) is 19.4 Å². The number of hydrogen-bond acceptors (Lipinski definition) is 4. The quantitative estimate of drug-likeness (QED) is 0.852. The van der Waals surface area contributed by atoms with Crippen molar-refractivity contribution in [2.45, 2.75) is 37.8 Å². The van der Waals surface area contributed by atoms with E-state index in [4.69, 9.17) is 4.98 Å². The van der Waals surface area contributed by atoms with Crippen molar-refractivity contribution in [2.24, 2.45) is 0 Å². The summed E-state index contributed by atoms with van der Waals surface area (Å²) in [5.41, 5.74) is 2.13. The molecule has 0 aliphatic carbocycles. The van der Waals surface area contributed by atoms with Crippen LogP contribution in [-0.2, 0) is 0 Å². The van der Waals surface area contributed by atoms with Gasteiger partial charge in [0, 0.05) is 12.1 Å². The van der Waals surface area contributed by atoms with Gasteiger partial charge in [0.15, 0.2) is 5.65 Å². The molecule has 1 unspecified atom stereocenters. The zero-order valence-corrected chi connectivity index (χ0v) is 13.4. The number of fused-ring (bicyclic) bond motifs is 1. The van der Waals surface area contributed by atoms with Gasteiger partial charge in [-0.25, -0.2) is 9.97 Å². The van der Waals surface area contributed by atoms with Gasteiger partial charge in [0.2, 0.25) is 0 Å². The second-order valence-corrected chi connectivity index (χ2v) is 7.40. The van der Waals surface area contributed by atoms with Gasteiger partial charge in [-0.05, 0) is 62.9 Å². The lowest BCUT2D eigenvalue weighted by molar-refractivity contribution is 0.234. The van der Waals surface area contributed by atoms with Gasteiger partial charge < -0.3 is 0 Å². The van der Waals surface area contributed by atoms with Gasteiger partial charge in [0.1, 0.15) is 11.3 Å². The maximum atomic E-state index is 4.98. The van der Waals surface area contributed by atoms with Crippen LogP contribution in [0.25, 0.3) is 11.2 Å². The van der Waals surface area contributed by atoms with Crippen molar-refractivity contribution < 1.29 is 0 Å². The average Bonchev–Trinajstić information content (AvgIpc) is 3.11. The van der Waals surface area contributed by atoms with Gasteiger partial charge >= 0.3 is 0 Å². The number of likely N-dealkylation sites (tertiary alicyclic amines) is 1. The largest absolute Gasteiger partial charge is 0.296 e. The topological polar surface area (TPSA) is 34.0 Å². The molecule has 0 spiro atoms. The lowest BCUT2D eigenvalue weighted by Gasteiger charge is -2.27. The Hall–Kier alpha value is -1.07. The summed E-state index contributed by atoms with van der Waals surface area (Å²) >= 11 is 2.08. The summed E-state index contributed by atoms with van der Waals surface area (Å²) in [7, 11) is 2.23. The zero-order chi connectivity index (χ0) is 14.2. The first-order valence-corrected chi connectivity index (χ1v) is 9.11. The number of hydrogen-bond donors (Lipinski definition) is 0. The van der Waals surface area contributed by atoms with Gasteiger partial charge in [-0.1, -0.05) is 0 Å². The van der Waals surface area contributed by atoms with Gasteiger partial charge in [-0.3, -0.25) is 9.47 Å². The Morgan fingerprint density at radius 3 is 2.86 bits per heavy atom. The molecule has 2 aromatic heterocycles. The fourth-order valence-electron chi connectivity index (χ4n) is 3.70. The fraction of sp³-hybridized carbons (Fsp3) is 0.625. The van der Waals surface area contributed by atoms with Gasteiger partial charge in [0.05, 0.1) is 6.17 Å².